The summed E-state index contributed by atoms with van der Waals surface area (Å²) in [6.07, 6.45) is 1.75. The van der Waals surface area contributed by atoms with E-state index in [1.54, 1.807) is 6.20 Å². The number of thiol groups is 1. The quantitative estimate of drug-likeness (QED) is 0.493. The van der Waals surface area contributed by atoms with Crippen molar-refractivity contribution >= 4 is 17.7 Å². The van der Waals surface area contributed by atoms with Gasteiger partial charge in [0.25, 0.3) is 5.12 Å². The van der Waals surface area contributed by atoms with E-state index in [4.69, 9.17) is 4.74 Å². The van der Waals surface area contributed by atoms with Gasteiger partial charge in [-0.1, -0.05) is 24.6 Å². The molecule has 0 radical (unpaired) electrons. The van der Waals surface area contributed by atoms with Crippen molar-refractivity contribution in [2.45, 2.75) is 26.0 Å². The average molecular weight is 292 g/mol. The zero-order valence-corrected chi connectivity index (χ0v) is 13.0. The molecule has 0 saturated carbocycles. The number of hydrogen-bond acceptors (Lipinski definition) is 4. The van der Waals surface area contributed by atoms with E-state index in [-0.39, 0.29) is 0 Å². The highest BCUT2D eigenvalue weighted by Gasteiger charge is 2.20. The lowest BCUT2D eigenvalue weighted by molar-refractivity contribution is -0.106. The van der Waals surface area contributed by atoms with E-state index in [2.05, 4.69) is 29.5 Å². The third kappa shape index (κ3) is 6.20. The zero-order chi connectivity index (χ0) is 15.0. The summed E-state index contributed by atoms with van der Waals surface area (Å²) in [6, 6.07) is 5.74. The summed E-state index contributed by atoms with van der Waals surface area (Å²) in [5.74, 6) is 5.36. The lowest BCUT2D eigenvalue weighted by Gasteiger charge is -2.30. The molecule has 1 rings (SSSR count). The van der Waals surface area contributed by atoms with Crippen molar-refractivity contribution in [1.82, 2.24) is 9.88 Å². The Kier molecular flexibility index (Phi) is 6.73. The molecule has 5 heteroatoms. The van der Waals surface area contributed by atoms with E-state index in [9.17, 15) is 4.79 Å². The predicted octanol–water partition coefficient (Wildman–Crippen LogP) is 1.77. The molecule has 1 heterocycles. The zero-order valence-electron chi connectivity index (χ0n) is 12.1. The van der Waals surface area contributed by atoms with Gasteiger partial charge in [0.1, 0.15) is 0 Å². The van der Waals surface area contributed by atoms with Crippen LogP contribution in [0.3, 0.4) is 0 Å². The second kappa shape index (κ2) is 8.05. The van der Waals surface area contributed by atoms with Crippen molar-refractivity contribution < 1.29 is 9.53 Å². The van der Waals surface area contributed by atoms with E-state index in [0.717, 1.165) is 12.2 Å². The molecule has 4 nitrogen and oxygen atoms in total. The van der Waals surface area contributed by atoms with Gasteiger partial charge in [-0.25, -0.2) is 0 Å². The van der Waals surface area contributed by atoms with Crippen molar-refractivity contribution in [2.75, 3.05) is 20.2 Å². The van der Waals surface area contributed by atoms with Crippen molar-refractivity contribution in [3.8, 4) is 11.8 Å². The maximum Gasteiger partial charge on any atom is 0.259 e. The van der Waals surface area contributed by atoms with Gasteiger partial charge >= 0.3 is 0 Å². The molecule has 0 aliphatic rings. The van der Waals surface area contributed by atoms with Crippen LogP contribution in [0.2, 0.25) is 0 Å². The molecule has 20 heavy (non-hydrogen) atoms. The molecule has 0 saturated heterocycles. The number of ether oxygens (including phenoxy) is 1. The molecule has 0 atom stereocenters. The van der Waals surface area contributed by atoms with Crippen LogP contribution in [0.25, 0.3) is 0 Å². The highest BCUT2D eigenvalue weighted by Crippen LogP contribution is 2.10. The van der Waals surface area contributed by atoms with Crippen LogP contribution in [0, 0.1) is 11.8 Å². The van der Waals surface area contributed by atoms with Crippen molar-refractivity contribution in [3.05, 3.63) is 30.1 Å². The minimum absolute atomic E-state index is 0.396. The Morgan fingerprint density at radius 1 is 1.50 bits per heavy atom. The summed E-state index contributed by atoms with van der Waals surface area (Å²) >= 11 is 3.64. The van der Waals surface area contributed by atoms with Crippen molar-refractivity contribution in [3.63, 3.8) is 0 Å². The van der Waals surface area contributed by atoms with E-state index in [1.165, 1.54) is 0 Å². The first-order valence-corrected chi connectivity index (χ1v) is 6.81. The van der Waals surface area contributed by atoms with E-state index in [1.807, 2.05) is 44.0 Å². The van der Waals surface area contributed by atoms with Crippen LogP contribution in [-0.4, -0.2) is 40.7 Å². The standard InChI is InChI=1S/C15H20N2O2S/c1-15(2,8-7-14(18)20)17(3)10-11-19-12-13-6-4-5-9-16-13/h4-6,9H,10-12H2,1-3H3,(H,18,20). The third-order valence-electron chi connectivity index (χ3n) is 2.98. The fourth-order valence-corrected chi connectivity index (χ4v) is 1.50. The first-order valence-electron chi connectivity index (χ1n) is 6.37. The molecule has 0 unspecified atom stereocenters. The van der Waals surface area contributed by atoms with Gasteiger partial charge in [-0.2, -0.15) is 0 Å². The van der Waals surface area contributed by atoms with Crippen LogP contribution < -0.4 is 0 Å². The number of likely N-dealkylation sites (N-methyl/N-ethyl adjacent to an activating group) is 1. The molecular weight excluding hydrogens is 272 g/mol. The molecule has 1 aromatic heterocycles. The van der Waals surface area contributed by atoms with Gasteiger partial charge < -0.3 is 4.74 Å². The molecule has 0 spiro atoms. The number of rotatable bonds is 6. The SMILES string of the molecule is CN(CCOCc1ccccn1)C(C)(C)C#CC(=O)S. The number of aromatic nitrogens is 1. The molecule has 0 N–H and O–H groups in total. The fraction of sp³-hybridized carbons (Fsp3) is 0.467. The van der Waals surface area contributed by atoms with Gasteiger partial charge in [0.15, 0.2) is 0 Å². The summed E-state index contributed by atoms with van der Waals surface area (Å²) in [6.45, 7) is 5.70. The van der Waals surface area contributed by atoms with E-state index in [0.29, 0.717) is 13.2 Å². The number of nitrogens with zero attached hydrogens (tertiary/aromatic N) is 2. The molecule has 0 bridgehead atoms. The highest BCUT2D eigenvalue weighted by molar-refractivity contribution is 7.97. The molecule has 108 valence electrons. The molecule has 0 aliphatic heterocycles. The fourth-order valence-electron chi connectivity index (χ4n) is 1.44. The molecule has 0 aromatic carbocycles. The molecule has 1 aromatic rings. The Balaban J connectivity index is 2.34. The maximum atomic E-state index is 10.8. The monoisotopic (exact) mass is 292 g/mol. The number of carbonyl (C=O) groups is 1. The van der Waals surface area contributed by atoms with Crippen LogP contribution in [0.5, 0.6) is 0 Å². The largest absolute Gasteiger partial charge is 0.374 e. The Hall–Kier alpha value is -1.35. The molecular formula is C15H20N2O2S. The predicted molar refractivity (Wildman–Crippen MR) is 82.4 cm³/mol. The summed E-state index contributed by atoms with van der Waals surface area (Å²) in [4.78, 5) is 17.0. The Morgan fingerprint density at radius 2 is 2.25 bits per heavy atom. The van der Waals surface area contributed by atoms with Gasteiger partial charge in [-0.15, -0.1) is 0 Å². The second-order valence-electron chi connectivity index (χ2n) is 4.91. The number of carbonyl (C=O) groups excluding carboxylic acids is 1. The van der Waals surface area contributed by atoms with Crippen LogP contribution in [-0.2, 0) is 16.1 Å². The Bertz CT molecular complexity index is 492. The number of pyridine rings is 1. The summed E-state index contributed by atoms with van der Waals surface area (Å²) in [5, 5.41) is -0.419. The first-order chi connectivity index (χ1) is 9.42. The molecule has 0 fully saturated rings. The highest BCUT2D eigenvalue weighted by atomic mass is 32.1. The van der Waals surface area contributed by atoms with Crippen molar-refractivity contribution in [2.24, 2.45) is 0 Å². The van der Waals surface area contributed by atoms with Gasteiger partial charge in [-0.3, -0.25) is 14.7 Å². The van der Waals surface area contributed by atoms with Crippen LogP contribution >= 0.6 is 12.6 Å². The number of hydrogen-bond donors (Lipinski definition) is 1. The van der Waals surface area contributed by atoms with Crippen LogP contribution in [0.4, 0.5) is 0 Å². The Labute approximate surface area is 125 Å². The lowest BCUT2D eigenvalue weighted by atomic mass is 10.0. The van der Waals surface area contributed by atoms with Gasteiger partial charge in [0.05, 0.1) is 24.4 Å². The summed E-state index contributed by atoms with van der Waals surface area (Å²) < 4.78 is 5.58. The summed E-state index contributed by atoms with van der Waals surface area (Å²) in [7, 11) is 1.95. The van der Waals surface area contributed by atoms with E-state index < -0.39 is 10.7 Å². The van der Waals surface area contributed by atoms with Gasteiger partial charge in [-0.05, 0) is 38.9 Å². The lowest BCUT2D eigenvalue weighted by Crippen LogP contribution is -2.41. The third-order valence-corrected chi connectivity index (χ3v) is 3.09. The first kappa shape index (κ1) is 16.7. The van der Waals surface area contributed by atoms with E-state index >= 15 is 0 Å². The topological polar surface area (TPSA) is 42.4 Å². The average Bonchev–Trinajstić information content (AvgIpc) is 2.42. The van der Waals surface area contributed by atoms with Crippen LogP contribution in [0.15, 0.2) is 24.4 Å². The maximum absolute atomic E-state index is 10.8. The van der Waals surface area contributed by atoms with Gasteiger partial charge in [0.2, 0.25) is 0 Å². The smallest absolute Gasteiger partial charge is 0.259 e. The van der Waals surface area contributed by atoms with Gasteiger partial charge in [0, 0.05) is 12.7 Å². The minimum Gasteiger partial charge on any atom is -0.374 e. The summed E-state index contributed by atoms with van der Waals surface area (Å²) in [5.41, 5.74) is 0.516. The van der Waals surface area contributed by atoms with Crippen LogP contribution in [0.1, 0.15) is 19.5 Å². The van der Waals surface area contributed by atoms with Crippen molar-refractivity contribution in [1.29, 1.82) is 0 Å². The second-order valence-corrected chi connectivity index (χ2v) is 5.32. The minimum atomic E-state index is -0.419. The molecule has 0 aliphatic carbocycles. The normalized spacial score (nSPS) is 11.1. The Morgan fingerprint density at radius 3 is 2.85 bits per heavy atom. The molecule has 0 amide bonds.